The average molecular weight is 391 g/mol. The van der Waals surface area contributed by atoms with Crippen LogP contribution >= 0.6 is 44.1 Å². The predicted octanol–water partition coefficient (Wildman–Crippen LogP) is 4.45. The van der Waals surface area contributed by atoms with Gasteiger partial charge in [0.25, 0.3) is 0 Å². The summed E-state index contributed by atoms with van der Waals surface area (Å²) in [6.07, 6.45) is 0. The van der Waals surface area contributed by atoms with E-state index in [-0.39, 0.29) is 16.7 Å². The fraction of sp³-hybridized carbons (Fsp3) is 0.167. The molecule has 0 radical (unpaired) electrons. The van der Waals surface area contributed by atoms with Gasteiger partial charge in [-0.1, -0.05) is 0 Å². The summed E-state index contributed by atoms with van der Waals surface area (Å²) in [5.41, 5.74) is 1.38. The van der Waals surface area contributed by atoms with Crippen LogP contribution < -0.4 is 0 Å². The Hall–Kier alpha value is -0.720. The topological polar surface area (TPSA) is 53.4 Å². The monoisotopic (exact) mass is 389 g/mol. The molecule has 0 bridgehead atoms. The molecule has 1 unspecified atom stereocenters. The van der Waals surface area contributed by atoms with Crippen molar-refractivity contribution in [1.82, 2.24) is 4.98 Å². The molecule has 3 nitrogen and oxygen atoms in total. The van der Waals surface area contributed by atoms with Crippen molar-refractivity contribution in [2.24, 2.45) is 0 Å². The Bertz CT molecular complexity index is 646. The van der Waals surface area contributed by atoms with Crippen LogP contribution in [0.3, 0.4) is 0 Å². The molecule has 2 aromatic rings. The third-order valence-corrected chi connectivity index (χ3v) is 4.21. The predicted molar refractivity (Wildman–Crippen MR) is 82.4 cm³/mol. The summed E-state index contributed by atoms with van der Waals surface area (Å²) in [6.45, 7) is 1.79. The minimum absolute atomic E-state index is 0.0996. The number of phenols is 1. The first kappa shape index (κ1) is 13.7. The molecule has 0 saturated heterocycles. The van der Waals surface area contributed by atoms with Crippen LogP contribution in [0.4, 0.5) is 0 Å². The quantitative estimate of drug-likeness (QED) is 0.743. The zero-order valence-electron chi connectivity index (χ0n) is 9.32. The first-order valence-corrected chi connectivity index (χ1v) is 7.11. The Morgan fingerprint density at radius 2 is 1.94 bits per heavy atom. The number of nitrogens with zero attached hydrogens (tertiary/aromatic N) is 1. The number of halogens is 2. The maximum Gasteiger partial charge on any atom is 0.165 e. The first-order valence-electron chi connectivity index (χ1n) is 5.11. The number of thiocarbonyl (C=S) groups is 1. The van der Waals surface area contributed by atoms with Gasteiger partial charge in [-0.25, -0.2) is 4.98 Å². The summed E-state index contributed by atoms with van der Waals surface area (Å²) in [5.74, 6) is -0.166. The van der Waals surface area contributed by atoms with Gasteiger partial charge in [-0.3, -0.25) is 0 Å². The highest BCUT2D eigenvalue weighted by Gasteiger charge is 2.17. The molecule has 1 heterocycles. The maximum atomic E-state index is 9.53. The van der Waals surface area contributed by atoms with E-state index in [1.54, 1.807) is 19.1 Å². The van der Waals surface area contributed by atoms with E-state index < -0.39 is 0 Å². The lowest BCUT2D eigenvalue weighted by molar-refractivity contribution is 0.476. The Morgan fingerprint density at radius 3 is 2.56 bits per heavy atom. The molecule has 0 spiro atoms. The van der Waals surface area contributed by atoms with Gasteiger partial charge in [0.15, 0.2) is 5.05 Å². The molecule has 2 rings (SSSR count). The second kappa shape index (κ2) is 5.11. The molecule has 0 amide bonds. The zero-order valence-corrected chi connectivity index (χ0v) is 13.3. The molecule has 1 aromatic heterocycles. The number of aromatic hydroxyl groups is 1. The summed E-state index contributed by atoms with van der Waals surface area (Å²) in [5, 5.41) is 19.6. The van der Waals surface area contributed by atoms with Gasteiger partial charge in [-0.05, 0) is 69.2 Å². The van der Waals surface area contributed by atoms with E-state index in [2.05, 4.69) is 36.8 Å². The van der Waals surface area contributed by atoms with E-state index in [1.807, 2.05) is 6.07 Å². The van der Waals surface area contributed by atoms with E-state index in [1.165, 1.54) is 0 Å². The molecule has 2 N–H and O–H groups in total. The molecular formula is C12H9Br2NO2S. The molecule has 6 heteroatoms. The highest BCUT2D eigenvalue weighted by molar-refractivity contribution is 9.11. The maximum absolute atomic E-state index is 9.53. The minimum Gasteiger partial charge on any atom is -0.508 e. The van der Waals surface area contributed by atoms with Crippen molar-refractivity contribution in [2.75, 3.05) is 0 Å². The lowest BCUT2D eigenvalue weighted by Gasteiger charge is -2.12. The molecule has 0 aliphatic rings. The van der Waals surface area contributed by atoms with E-state index in [4.69, 9.17) is 12.2 Å². The second-order valence-corrected chi connectivity index (χ2v) is 6.04. The van der Waals surface area contributed by atoms with E-state index >= 15 is 0 Å². The van der Waals surface area contributed by atoms with E-state index in [0.717, 1.165) is 9.86 Å². The van der Waals surface area contributed by atoms with Crippen molar-refractivity contribution in [3.05, 3.63) is 32.8 Å². The summed E-state index contributed by atoms with van der Waals surface area (Å²) in [6, 6.07) is 5.05. The fourth-order valence-electron chi connectivity index (χ4n) is 1.64. The Labute approximate surface area is 126 Å². The number of aromatic nitrogens is 1. The number of hydrogen-bond donors (Lipinski definition) is 2. The normalized spacial score (nSPS) is 12.6. The molecule has 94 valence electrons. The van der Waals surface area contributed by atoms with Gasteiger partial charge < -0.3 is 10.2 Å². The number of rotatable bonds is 2. The Morgan fingerprint density at radius 1 is 1.28 bits per heavy atom. The van der Waals surface area contributed by atoms with Crippen molar-refractivity contribution < 1.29 is 10.2 Å². The van der Waals surface area contributed by atoms with Crippen molar-refractivity contribution >= 4 is 60.0 Å². The molecule has 0 aliphatic carbocycles. The third kappa shape index (κ3) is 2.50. The third-order valence-electron chi connectivity index (χ3n) is 2.62. The number of aliphatic hydroxyl groups is 1. The number of pyridine rings is 1. The Balaban J connectivity index is 2.72. The number of fused-ring (bicyclic) bond motifs is 1. The molecule has 0 saturated carbocycles. The SMILES string of the molecule is CC(C(O)=S)c1nc2c(Br)cc(O)cc2cc1Br. The van der Waals surface area contributed by atoms with Gasteiger partial charge >= 0.3 is 0 Å². The number of hydrogen-bond acceptors (Lipinski definition) is 3. The lowest BCUT2D eigenvalue weighted by atomic mass is 10.1. The fourth-order valence-corrected chi connectivity index (χ4v) is 2.98. The van der Waals surface area contributed by atoms with Crippen LogP contribution in [0, 0.1) is 0 Å². The van der Waals surface area contributed by atoms with E-state index in [9.17, 15) is 10.2 Å². The van der Waals surface area contributed by atoms with Crippen LogP contribution in [0.5, 0.6) is 5.75 Å². The zero-order chi connectivity index (χ0) is 13.4. The lowest BCUT2D eigenvalue weighted by Crippen LogP contribution is -2.08. The molecule has 0 aliphatic heterocycles. The molecule has 0 fully saturated rings. The number of benzene rings is 1. The van der Waals surface area contributed by atoms with Gasteiger partial charge in [0.2, 0.25) is 0 Å². The number of phenolic OH excluding ortho intramolecular Hbond substituents is 1. The Kier molecular flexibility index (Phi) is 3.89. The van der Waals surface area contributed by atoms with Crippen molar-refractivity contribution in [2.45, 2.75) is 12.8 Å². The largest absolute Gasteiger partial charge is 0.508 e. The van der Waals surface area contributed by atoms with Crippen molar-refractivity contribution in [1.29, 1.82) is 0 Å². The van der Waals surface area contributed by atoms with Crippen LogP contribution in [0.25, 0.3) is 10.9 Å². The highest BCUT2D eigenvalue weighted by Crippen LogP contribution is 2.33. The van der Waals surface area contributed by atoms with Crippen LogP contribution in [0.15, 0.2) is 27.1 Å². The van der Waals surface area contributed by atoms with Gasteiger partial charge in [0.1, 0.15) is 5.75 Å². The summed E-state index contributed by atoms with van der Waals surface area (Å²) in [4.78, 5) is 4.48. The van der Waals surface area contributed by atoms with Gasteiger partial charge in [0, 0.05) is 14.3 Å². The second-order valence-electron chi connectivity index (χ2n) is 3.91. The van der Waals surface area contributed by atoms with Crippen molar-refractivity contribution in [3.63, 3.8) is 0 Å². The van der Waals surface area contributed by atoms with Crippen LogP contribution in [-0.2, 0) is 0 Å². The molecule has 1 aromatic carbocycles. The van der Waals surface area contributed by atoms with Gasteiger partial charge in [-0.2, -0.15) is 0 Å². The summed E-state index contributed by atoms with van der Waals surface area (Å²) in [7, 11) is 0. The molecular weight excluding hydrogens is 382 g/mol. The molecule has 18 heavy (non-hydrogen) atoms. The molecule has 1 atom stereocenters. The van der Waals surface area contributed by atoms with E-state index in [0.29, 0.717) is 15.7 Å². The average Bonchev–Trinajstić information content (AvgIpc) is 2.26. The highest BCUT2D eigenvalue weighted by atomic mass is 79.9. The summed E-state index contributed by atoms with van der Waals surface area (Å²) < 4.78 is 1.44. The van der Waals surface area contributed by atoms with Gasteiger partial charge in [-0.15, -0.1) is 0 Å². The van der Waals surface area contributed by atoms with Gasteiger partial charge in [0.05, 0.1) is 17.1 Å². The number of aliphatic hydroxyl groups excluding tert-OH is 1. The van der Waals surface area contributed by atoms with Crippen LogP contribution in [0.2, 0.25) is 0 Å². The minimum atomic E-state index is -0.334. The van der Waals surface area contributed by atoms with Crippen LogP contribution in [0.1, 0.15) is 18.5 Å². The standard InChI is InChI=1S/C12H9Br2NO2S/c1-5(12(17)18)10-8(13)3-6-2-7(16)4-9(14)11(6)15-10/h2-5,16H,1H3,(H,17,18). The summed E-state index contributed by atoms with van der Waals surface area (Å²) >= 11 is 11.5. The first-order chi connectivity index (χ1) is 8.40. The smallest absolute Gasteiger partial charge is 0.165 e. The van der Waals surface area contributed by atoms with Crippen molar-refractivity contribution in [3.8, 4) is 5.75 Å². The van der Waals surface area contributed by atoms with Crippen LogP contribution in [-0.4, -0.2) is 20.2 Å².